The first kappa shape index (κ1) is 17.9. The van der Waals surface area contributed by atoms with Gasteiger partial charge in [-0.1, -0.05) is 0 Å². The topological polar surface area (TPSA) is 108 Å². The van der Waals surface area contributed by atoms with Gasteiger partial charge in [0.25, 0.3) is 5.91 Å². The highest BCUT2D eigenvalue weighted by atomic mass is 32.2. The van der Waals surface area contributed by atoms with Crippen molar-refractivity contribution >= 4 is 21.9 Å². The highest BCUT2D eigenvalue weighted by molar-refractivity contribution is 7.89. The Morgan fingerprint density at radius 2 is 1.84 bits per heavy atom. The van der Waals surface area contributed by atoms with Gasteiger partial charge in [0.1, 0.15) is 16.2 Å². The zero-order chi connectivity index (χ0) is 18.4. The molecular formula is C16H22N2O6S. The molecule has 3 heterocycles. The number of carbonyl (C=O) groups excluding carboxylic acids is 1. The number of aliphatic carboxylic acids is 1. The molecule has 1 amide bonds. The Morgan fingerprint density at radius 1 is 1.20 bits per heavy atom. The summed E-state index contributed by atoms with van der Waals surface area (Å²) < 4.78 is 32.2. The fraction of sp³-hybridized carbons (Fsp3) is 0.625. The number of aryl methyl sites for hydroxylation is 1. The Bertz CT molecular complexity index is 809. The number of amides is 1. The minimum absolute atomic E-state index is 0.0195. The average molecular weight is 370 g/mol. The molecule has 25 heavy (non-hydrogen) atoms. The van der Waals surface area contributed by atoms with Gasteiger partial charge in [-0.25, -0.2) is 13.2 Å². The largest absolute Gasteiger partial charge is 0.480 e. The number of hydrogen-bond acceptors (Lipinski definition) is 5. The number of likely N-dealkylation sites (tertiary alicyclic amines) is 1. The molecule has 0 spiro atoms. The Kier molecular flexibility index (Phi) is 4.40. The van der Waals surface area contributed by atoms with Crippen LogP contribution in [0.5, 0.6) is 0 Å². The molecule has 0 aliphatic carbocycles. The minimum Gasteiger partial charge on any atom is -0.480 e. The molecule has 8 nitrogen and oxygen atoms in total. The standard InChI is InChI=1S/C16H22N2O6S/c1-11-13(25(22,23)17-7-3-4-8-17)10-12(24-11)14(19)18-9-5-6-16(18,2)15(20)21/h10H,3-9H2,1-2H3,(H,20,21). The molecule has 1 atom stereocenters. The van der Waals surface area contributed by atoms with Crippen molar-refractivity contribution in [3.05, 3.63) is 17.6 Å². The van der Waals surface area contributed by atoms with E-state index in [4.69, 9.17) is 4.42 Å². The van der Waals surface area contributed by atoms with Gasteiger partial charge in [0.2, 0.25) is 10.0 Å². The van der Waals surface area contributed by atoms with E-state index in [9.17, 15) is 23.1 Å². The number of carbonyl (C=O) groups is 2. The van der Waals surface area contributed by atoms with Crippen LogP contribution in [0.3, 0.4) is 0 Å². The summed E-state index contributed by atoms with van der Waals surface area (Å²) in [5, 5.41) is 9.44. The van der Waals surface area contributed by atoms with Gasteiger partial charge in [-0.05, 0) is 39.5 Å². The zero-order valence-electron chi connectivity index (χ0n) is 14.3. The predicted octanol–water partition coefficient (Wildman–Crippen LogP) is 1.45. The van der Waals surface area contributed by atoms with Gasteiger partial charge >= 0.3 is 5.97 Å². The first-order valence-corrected chi connectivity index (χ1v) is 9.78. The molecule has 1 aromatic heterocycles. The summed E-state index contributed by atoms with van der Waals surface area (Å²) in [5.74, 6) is -1.66. The molecule has 1 aromatic rings. The SMILES string of the molecule is Cc1oc(C(=O)N2CCCC2(C)C(=O)O)cc1S(=O)(=O)N1CCCC1. The van der Waals surface area contributed by atoms with Crippen LogP contribution in [-0.4, -0.2) is 59.8 Å². The molecule has 9 heteroatoms. The van der Waals surface area contributed by atoms with Gasteiger partial charge < -0.3 is 14.4 Å². The lowest BCUT2D eigenvalue weighted by Crippen LogP contribution is -2.50. The van der Waals surface area contributed by atoms with E-state index in [0.717, 1.165) is 12.8 Å². The number of hydrogen-bond donors (Lipinski definition) is 1. The lowest BCUT2D eigenvalue weighted by Gasteiger charge is -2.30. The quantitative estimate of drug-likeness (QED) is 0.859. The van der Waals surface area contributed by atoms with Gasteiger partial charge in [0, 0.05) is 25.7 Å². The Hall–Kier alpha value is -1.87. The summed E-state index contributed by atoms with van der Waals surface area (Å²) in [6.07, 6.45) is 2.55. The number of sulfonamides is 1. The van der Waals surface area contributed by atoms with Gasteiger partial charge in [-0.15, -0.1) is 0 Å². The van der Waals surface area contributed by atoms with Crippen molar-refractivity contribution in [2.75, 3.05) is 19.6 Å². The van der Waals surface area contributed by atoms with Crippen molar-refractivity contribution < 1.29 is 27.5 Å². The molecule has 2 fully saturated rings. The van der Waals surface area contributed by atoms with E-state index in [1.165, 1.54) is 29.1 Å². The molecule has 3 rings (SSSR count). The number of carboxylic acids is 1. The van der Waals surface area contributed by atoms with Gasteiger partial charge in [-0.3, -0.25) is 4.79 Å². The van der Waals surface area contributed by atoms with E-state index in [1.54, 1.807) is 0 Å². The van der Waals surface area contributed by atoms with Gasteiger partial charge in [-0.2, -0.15) is 4.31 Å². The second-order valence-electron chi connectivity index (χ2n) is 6.78. The van der Waals surface area contributed by atoms with Crippen LogP contribution in [0.4, 0.5) is 0 Å². The van der Waals surface area contributed by atoms with E-state index in [0.29, 0.717) is 32.5 Å². The second-order valence-corrected chi connectivity index (χ2v) is 8.69. The molecule has 0 bridgehead atoms. The highest BCUT2D eigenvalue weighted by Gasteiger charge is 2.47. The van der Waals surface area contributed by atoms with Crippen LogP contribution in [0.2, 0.25) is 0 Å². The molecule has 0 radical (unpaired) electrons. The fourth-order valence-corrected chi connectivity index (χ4v) is 5.22. The maximum atomic E-state index is 12.7. The van der Waals surface area contributed by atoms with Crippen molar-refractivity contribution in [1.29, 1.82) is 0 Å². The monoisotopic (exact) mass is 370 g/mol. The molecule has 1 N–H and O–H groups in total. The first-order chi connectivity index (χ1) is 11.7. The number of nitrogens with zero attached hydrogens (tertiary/aromatic N) is 2. The molecule has 2 aliphatic rings. The van der Waals surface area contributed by atoms with E-state index in [-0.39, 0.29) is 16.4 Å². The van der Waals surface area contributed by atoms with Gasteiger partial charge in [0.05, 0.1) is 0 Å². The summed E-state index contributed by atoms with van der Waals surface area (Å²) in [6.45, 7) is 4.21. The Balaban J connectivity index is 1.92. The van der Waals surface area contributed by atoms with Crippen molar-refractivity contribution in [2.45, 2.75) is 50.0 Å². The minimum atomic E-state index is -3.70. The molecule has 2 aliphatic heterocycles. The second kappa shape index (κ2) is 6.14. The molecular weight excluding hydrogens is 348 g/mol. The van der Waals surface area contributed by atoms with Crippen molar-refractivity contribution in [3.8, 4) is 0 Å². The molecule has 138 valence electrons. The van der Waals surface area contributed by atoms with E-state index in [1.807, 2.05) is 0 Å². The van der Waals surface area contributed by atoms with Crippen LogP contribution in [0.25, 0.3) is 0 Å². The van der Waals surface area contributed by atoms with Crippen molar-refractivity contribution in [3.63, 3.8) is 0 Å². The maximum absolute atomic E-state index is 12.7. The zero-order valence-corrected chi connectivity index (χ0v) is 15.1. The van der Waals surface area contributed by atoms with Crippen molar-refractivity contribution in [1.82, 2.24) is 9.21 Å². The number of rotatable bonds is 4. The van der Waals surface area contributed by atoms with Crippen LogP contribution in [0.15, 0.2) is 15.4 Å². The lowest BCUT2D eigenvalue weighted by atomic mass is 9.99. The third-order valence-corrected chi connectivity index (χ3v) is 7.12. The third-order valence-electron chi connectivity index (χ3n) is 5.11. The number of carboxylic acid groups (broad SMARTS) is 1. The maximum Gasteiger partial charge on any atom is 0.329 e. The molecule has 1 unspecified atom stereocenters. The number of furan rings is 1. The summed E-state index contributed by atoms with van der Waals surface area (Å²) in [4.78, 5) is 25.5. The normalized spacial score (nSPS) is 24.8. The Morgan fingerprint density at radius 3 is 2.44 bits per heavy atom. The van der Waals surface area contributed by atoms with Crippen LogP contribution < -0.4 is 0 Å². The van der Waals surface area contributed by atoms with Crippen LogP contribution in [0, 0.1) is 6.92 Å². The molecule has 2 saturated heterocycles. The third kappa shape index (κ3) is 2.85. The van der Waals surface area contributed by atoms with Crippen LogP contribution in [0.1, 0.15) is 48.9 Å². The van der Waals surface area contributed by atoms with E-state index in [2.05, 4.69) is 0 Å². The fourth-order valence-electron chi connectivity index (χ4n) is 3.54. The summed E-state index contributed by atoms with van der Waals surface area (Å²) in [5.41, 5.74) is -1.30. The van der Waals surface area contributed by atoms with Crippen molar-refractivity contribution in [2.24, 2.45) is 0 Å². The summed E-state index contributed by atoms with van der Waals surface area (Å²) >= 11 is 0. The Labute approximate surface area is 146 Å². The highest BCUT2D eigenvalue weighted by Crippen LogP contribution is 2.33. The van der Waals surface area contributed by atoms with Crippen LogP contribution >= 0.6 is 0 Å². The van der Waals surface area contributed by atoms with Gasteiger partial charge in [0.15, 0.2) is 5.76 Å². The van der Waals surface area contributed by atoms with Crippen LogP contribution in [-0.2, 0) is 14.8 Å². The molecule has 0 aromatic carbocycles. The van der Waals surface area contributed by atoms with E-state index >= 15 is 0 Å². The summed E-state index contributed by atoms with van der Waals surface area (Å²) in [7, 11) is -3.70. The molecule has 0 saturated carbocycles. The first-order valence-electron chi connectivity index (χ1n) is 8.34. The predicted molar refractivity (Wildman–Crippen MR) is 87.7 cm³/mol. The average Bonchev–Trinajstić information content (AvgIpc) is 3.25. The summed E-state index contributed by atoms with van der Waals surface area (Å²) in [6, 6.07) is 1.23. The van der Waals surface area contributed by atoms with E-state index < -0.39 is 27.4 Å². The lowest BCUT2D eigenvalue weighted by molar-refractivity contribution is -0.147. The smallest absolute Gasteiger partial charge is 0.329 e.